The van der Waals surface area contributed by atoms with E-state index >= 15 is 0 Å². The van der Waals surface area contributed by atoms with Gasteiger partial charge < -0.3 is 10.6 Å². The second-order valence-corrected chi connectivity index (χ2v) is 8.06. The molecule has 2 rings (SSSR count). The number of hydrogen-bond acceptors (Lipinski definition) is 4. The molecule has 0 heterocycles. The fourth-order valence-electron chi connectivity index (χ4n) is 3.15. The van der Waals surface area contributed by atoms with Gasteiger partial charge in [0.1, 0.15) is 0 Å². The molecule has 6 heteroatoms. The van der Waals surface area contributed by atoms with E-state index in [9.17, 15) is 8.42 Å². The Balaban J connectivity index is 2.25. The molecule has 1 fully saturated rings. The minimum absolute atomic E-state index is 0.0483. The van der Waals surface area contributed by atoms with Crippen LogP contribution in [-0.4, -0.2) is 35.1 Å². The van der Waals surface area contributed by atoms with Crippen LogP contribution in [0.15, 0.2) is 23.1 Å². The average molecular weight is 325 g/mol. The second kappa shape index (κ2) is 6.98. The molecule has 1 aromatic carbocycles. The summed E-state index contributed by atoms with van der Waals surface area (Å²) in [5.74, 6) is 0.238. The molecule has 1 aliphatic rings. The van der Waals surface area contributed by atoms with Gasteiger partial charge in [-0.2, -0.15) is 0 Å². The molecule has 0 aromatic heterocycles. The Labute approximate surface area is 133 Å². The van der Waals surface area contributed by atoms with Crippen molar-refractivity contribution in [1.82, 2.24) is 4.72 Å². The first-order valence-corrected chi connectivity index (χ1v) is 9.34. The normalized spacial score (nSPS) is 22.5. The summed E-state index contributed by atoms with van der Waals surface area (Å²) in [5.41, 5.74) is 7.77. The smallest absolute Gasteiger partial charge is 0.240 e. The van der Waals surface area contributed by atoms with Gasteiger partial charge in [-0.3, -0.25) is 0 Å². The molecule has 0 radical (unpaired) electrons. The first-order chi connectivity index (χ1) is 10.3. The van der Waals surface area contributed by atoms with E-state index in [4.69, 9.17) is 5.73 Å². The molecular weight excluding hydrogens is 298 g/mol. The number of aryl methyl sites for hydroxylation is 1. The van der Waals surface area contributed by atoms with Gasteiger partial charge in [-0.15, -0.1) is 0 Å². The summed E-state index contributed by atoms with van der Waals surface area (Å²) >= 11 is 0. The van der Waals surface area contributed by atoms with Gasteiger partial charge in [-0.1, -0.05) is 18.9 Å². The molecule has 0 saturated heterocycles. The number of nitrogens with zero attached hydrogens (tertiary/aromatic N) is 1. The number of nitrogens with two attached hydrogens (primary N) is 1. The summed E-state index contributed by atoms with van der Waals surface area (Å²) < 4.78 is 28.2. The molecule has 2 unspecified atom stereocenters. The molecule has 124 valence electrons. The van der Waals surface area contributed by atoms with E-state index in [2.05, 4.69) is 4.72 Å². The standard InChI is InChI=1S/C16H27N3O2S/c1-12-8-9-14(10-16(12)19(2)3)22(20,21)18-15-7-5-4-6-13(15)11-17/h8-10,13,15,18H,4-7,11,17H2,1-3H3. The number of benzene rings is 1. The Kier molecular flexibility index (Phi) is 5.47. The minimum Gasteiger partial charge on any atom is -0.377 e. The topological polar surface area (TPSA) is 75.4 Å². The third-order valence-corrected chi connectivity index (χ3v) is 5.98. The van der Waals surface area contributed by atoms with Crippen LogP contribution in [0.1, 0.15) is 31.2 Å². The van der Waals surface area contributed by atoms with Crippen molar-refractivity contribution in [1.29, 1.82) is 0 Å². The Bertz CT molecular complexity index is 614. The minimum atomic E-state index is -3.51. The number of rotatable bonds is 5. The van der Waals surface area contributed by atoms with Crippen molar-refractivity contribution in [3.8, 4) is 0 Å². The lowest BCUT2D eigenvalue weighted by molar-refractivity contribution is 0.296. The quantitative estimate of drug-likeness (QED) is 0.866. The number of hydrogen-bond donors (Lipinski definition) is 2. The predicted octanol–water partition coefficient (Wildman–Crippen LogP) is 1.86. The van der Waals surface area contributed by atoms with Crippen molar-refractivity contribution in [3.05, 3.63) is 23.8 Å². The van der Waals surface area contributed by atoms with Crippen molar-refractivity contribution in [3.63, 3.8) is 0 Å². The van der Waals surface area contributed by atoms with Crippen LogP contribution in [0.2, 0.25) is 0 Å². The molecule has 5 nitrogen and oxygen atoms in total. The summed E-state index contributed by atoms with van der Waals surface area (Å²) in [6.45, 7) is 2.51. The first kappa shape index (κ1) is 17.2. The van der Waals surface area contributed by atoms with Crippen molar-refractivity contribution in [2.45, 2.75) is 43.5 Å². The van der Waals surface area contributed by atoms with E-state index in [-0.39, 0.29) is 12.0 Å². The number of nitrogens with one attached hydrogen (secondary N) is 1. The monoisotopic (exact) mass is 325 g/mol. The number of sulfonamides is 1. The first-order valence-electron chi connectivity index (χ1n) is 7.85. The highest BCUT2D eigenvalue weighted by atomic mass is 32.2. The van der Waals surface area contributed by atoms with Gasteiger partial charge in [0.05, 0.1) is 4.90 Å². The summed E-state index contributed by atoms with van der Waals surface area (Å²) in [4.78, 5) is 2.25. The van der Waals surface area contributed by atoms with E-state index in [1.54, 1.807) is 12.1 Å². The Morgan fingerprint density at radius 2 is 1.95 bits per heavy atom. The van der Waals surface area contributed by atoms with Crippen LogP contribution >= 0.6 is 0 Å². The molecule has 0 aliphatic heterocycles. The number of anilines is 1. The van der Waals surface area contributed by atoms with Crippen molar-refractivity contribution in [2.24, 2.45) is 11.7 Å². The Morgan fingerprint density at radius 3 is 2.59 bits per heavy atom. The lowest BCUT2D eigenvalue weighted by Gasteiger charge is -2.31. The highest BCUT2D eigenvalue weighted by molar-refractivity contribution is 7.89. The molecule has 22 heavy (non-hydrogen) atoms. The van der Waals surface area contributed by atoms with Crippen molar-refractivity contribution < 1.29 is 8.42 Å². The lowest BCUT2D eigenvalue weighted by atomic mass is 9.85. The third-order valence-electron chi connectivity index (χ3n) is 4.49. The van der Waals surface area contributed by atoms with Gasteiger partial charge in [-0.25, -0.2) is 13.1 Å². The molecule has 3 N–H and O–H groups in total. The van der Waals surface area contributed by atoms with Gasteiger partial charge in [0.2, 0.25) is 10.0 Å². The Morgan fingerprint density at radius 1 is 1.27 bits per heavy atom. The van der Waals surface area contributed by atoms with E-state index in [0.29, 0.717) is 11.4 Å². The van der Waals surface area contributed by atoms with Crippen molar-refractivity contribution >= 4 is 15.7 Å². The fraction of sp³-hybridized carbons (Fsp3) is 0.625. The van der Waals surface area contributed by atoms with Gasteiger partial charge in [-0.05, 0) is 49.9 Å². The summed E-state index contributed by atoms with van der Waals surface area (Å²) in [7, 11) is 0.321. The van der Waals surface area contributed by atoms with Crippen LogP contribution in [-0.2, 0) is 10.0 Å². The largest absolute Gasteiger partial charge is 0.377 e. The molecule has 1 saturated carbocycles. The molecule has 0 spiro atoms. The van der Waals surface area contributed by atoms with Crippen LogP contribution in [0, 0.1) is 12.8 Å². The molecule has 0 bridgehead atoms. The SMILES string of the molecule is Cc1ccc(S(=O)(=O)NC2CCCCC2CN)cc1N(C)C. The van der Waals surface area contributed by atoms with Gasteiger partial charge in [0.25, 0.3) is 0 Å². The van der Waals surface area contributed by atoms with Gasteiger partial charge in [0.15, 0.2) is 0 Å². The molecule has 0 amide bonds. The van der Waals surface area contributed by atoms with Crippen molar-refractivity contribution in [2.75, 3.05) is 25.5 Å². The maximum absolute atomic E-state index is 12.7. The summed E-state index contributed by atoms with van der Waals surface area (Å²) in [6.07, 6.45) is 4.06. The maximum atomic E-state index is 12.7. The average Bonchev–Trinajstić information content (AvgIpc) is 2.47. The Hall–Kier alpha value is -1.11. The van der Waals surface area contributed by atoms with Crippen LogP contribution in [0.25, 0.3) is 0 Å². The van der Waals surface area contributed by atoms with Crippen LogP contribution in [0.5, 0.6) is 0 Å². The highest BCUT2D eigenvalue weighted by Gasteiger charge is 2.28. The zero-order valence-corrected chi connectivity index (χ0v) is 14.5. The molecule has 2 atom stereocenters. The predicted molar refractivity (Wildman–Crippen MR) is 90.6 cm³/mol. The zero-order chi connectivity index (χ0) is 16.3. The van der Waals surface area contributed by atoms with E-state index in [0.717, 1.165) is 36.9 Å². The summed E-state index contributed by atoms with van der Waals surface area (Å²) in [6, 6.07) is 5.21. The highest BCUT2D eigenvalue weighted by Crippen LogP contribution is 2.27. The van der Waals surface area contributed by atoms with Crippen LogP contribution in [0.3, 0.4) is 0 Å². The summed E-state index contributed by atoms with van der Waals surface area (Å²) in [5, 5.41) is 0. The third kappa shape index (κ3) is 3.80. The van der Waals surface area contributed by atoms with Crippen LogP contribution in [0.4, 0.5) is 5.69 Å². The fourth-order valence-corrected chi connectivity index (χ4v) is 4.51. The zero-order valence-electron chi connectivity index (χ0n) is 13.7. The van der Waals surface area contributed by atoms with E-state index in [1.165, 1.54) is 0 Å². The maximum Gasteiger partial charge on any atom is 0.240 e. The van der Waals surface area contributed by atoms with Gasteiger partial charge in [0, 0.05) is 25.8 Å². The van der Waals surface area contributed by atoms with E-state index in [1.807, 2.05) is 32.0 Å². The van der Waals surface area contributed by atoms with Crippen LogP contribution < -0.4 is 15.4 Å². The molecular formula is C16H27N3O2S. The van der Waals surface area contributed by atoms with E-state index < -0.39 is 10.0 Å². The lowest BCUT2D eigenvalue weighted by Crippen LogP contribution is -2.44. The second-order valence-electron chi connectivity index (χ2n) is 6.35. The van der Waals surface area contributed by atoms with Gasteiger partial charge >= 0.3 is 0 Å². The molecule has 1 aromatic rings. The molecule has 1 aliphatic carbocycles.